The number of carbonyl (C=O) groups excluding carboxylic acids is 1. The zero-order chi connectivity index (χ0) is 14.2. The highest BCUT2D eigenvalue weighted by molar-refractivity contribution is 9.10. The van der Waals surface area contributed by atoms with Crippen LogP contribution in [0.4, 0.5) is 0 Å². The molecular weight excluding hydrogens is 352 g/mol. The van der Waals surface area contributed by atoms with Gasteiger partial charge in [0, 0.05) is 17.6 Å². The fraction of sp³-hybridized carbons (Fsp3) is 0.562. The van der Waals surface area contributed by atoms with Gasteiger partial charge < -0.3 is 10.2 Å². The number of rotatable bonds is 4. The van der Waals surface area contributed by atoms with Crippen molar-refractivity contribution in [2.24, 2.45) is 5.92 Å². The van der Waals surface area contributed by atoms with Crippen molar-refractivity contribution in [1.82, 2.24) is 10.2 Å². The lowest BCUT2D eigenvalue weighted by Crippen LogP contribution is -2.38. The van der Waals surface area contributed by atoms with E-state index in [1.165, 1.54) is 5.56 Å². The highest BCUT2D eigenvalue weighted by Gasteiger charge is 2.53. The minimum absolute atomic E-state index is 0. The molecule has 0 aromatic heterocycles. The molecule has 1 aromatic rings. The number of carbonyl (C=O) groups is 1. The number of likely N-dealkylation sites (tertiary alicyclic amines) is 1. The third-order valence-electron chi connectivity index (χ3n) is 4.60. The van der Waals surface area contributed by atoms with E-state index < -0.39 is 0 Å². The third kappa shape index (κ3) is 3.27. The van der Waals surface area contributed by atoms with Crippen molar-refractivity contribution in [1.29, 1.82) is 0 Å². The third-order valence-corrected chi connectivity index (χ3v) is 5.10. The lowest BCUT2D eigenvalue weighted by molar-refractivity contribution is -0.133. The van der Waals surface area contributed by atoms with Gasteiger partial charge in [-0.05, 0) is 56.5 Å². The van der Waals surface area contributed by atoms with Crippen LogP contribution in [-0.2, 0) is 10.2 Å². The fourth-order valence-electron chi connectivity index (χ4n) is 3.31. The van der Waals surface area contributed by atoms with Crippen LogP contribution in [-0.4, -0.2) is 37.5 Å². The summed E-state index contributed by atoms with van der Waals surface area (Å²) in [5.74, 6) is 0.955. The second-order valence-corrected chi connectivity index (χ2v) is 6.97. The maximum atomic E-state index is 12.9. The van der Waals surface area contributed by atoms with Crippen molar-refractivity contribution in [3.63, 3.8) is 0 Å². The summed E-state index contributed by atoms with van der Waals surface area (Å²) in [6.07, 6.45) is 3.12. The Morgan fingerprint density at radius 2 is 2.24 bits per heavy atom. The largest absolute Gasteiger partial charge is 0.342 e. The van der Waals surface area contributed by atoms with E-state index in [0.717, 1.165) is 43.4 Å². The van der Waals surface area contributed by atoms with E-state index in [2.05, 4.69) is 38.3 Å². The van der Waals surface area contributed by atoms with Crippen LogP contribution in [0.1, 0.15) is 24.8 Å². The predicted molar refractivity (Wildman–Crippen MR) is 90.9 cm³/mol. The molecule has 0 spiro atoms. The van der Waals surface area contributed by atoms with Crippen molar-refractivity contribution in [2.75, 3.05) is 26.7 Å². The molecule has 1 aliphatic carbocycles. The van der Waals surface area contributed by atoms with Crippen LogP contribution >= 0.6 is 28.3 Å². The molecule has 2 fully saturated rings. The number of halogens is 2. The van der Waals surface area contributed by atoms with Gasteiger partial charge in [-0.15, -0.1) is 12.4 Å². The molecule has 3 rings (SSSR count). The summed E-state index contributed by atoms with van der Waals surface area (Å²) in [6, 6.07) is 8.24. The maximum Gasteiger partial charge on any atom is 0.233 e. The molecule has 3 nitrogen and oxygen atoms in total. The molecule has 1 heterocycles. The van der Waals surface area contributed by atoms with E-state index in [9.17, 15) is 4.79 Å². The van der Waals surface area contributed by atoms with Gasteiger partial charge in [0.05, 0.1) is 5.41 Å². The molecule has 0 bridgehead atoms. The fourth-order valence-corrected chi connectivity index (χ4v) is 3.71. The van der Waals surface area contributed by atoms with Crippen LogP contribution in [0.2, 0.25) is 0 Å². The van der Waals surface area contributed by atoms with Crippen LogP contribution < -0.4 is 5.32 Å². The van der Waals surface area contributed by atoms with E-state index in [1.54, 1.807) is 0 Å². The van der Waals surface area contributed by atoms with E-state index >= 15 is 0 Å². The summed E-state index contributed by atoms with van der Waals surface area (Å²) in [5.41, 5.74) is 0.951. The number of amides is 1. The second-order valence-electron chi connectivity index (χ2n) is 6.06. The van der Waals surface area contributed by atoms with Crippen molar-refractivity contribution < 1.29 is 4.79 Å². The summed E-state index contributed by atoms with van der Waals surface area (Å²) < 4.78 is 1.06. The maximum absolute atomic E-state index is 12.9. The molecule has 1 amide bonds. The Labute approximate surface area is 141 Å². The first-order valence-corrected chi connectivity index (χ1v) is 8.15. The lowest BCUT2D eigenvalue weighted by Gasteiger charge is -2.24. The zero-order valence-electron chi connectivity index (χ0n) is 12.3. The Morgan fingerprint density at radius 3 is 2.86 bits per heavy atom. The monoisotopic (exact) mass is 372 g/mol. The van der Waals surface area contributed by atoms with Gasteiger partial charge in [0.25, 0.3) is 0 Å². The highest BCUT2D eigenvalue weighted by Crippen LogP contribution is 2.50. The molecule has 5 heteroatoms. The first-order valence-electron chi connectivity index (χ1n) is 7.36. The normalized spacial score (nSPS) is 22.8. The van der Waals surface area contributed by atoms with Gasteiger partial charge in [-0.1, -0.05) is 28.1 Å². The molecule has 21 heavy (non-hydrogen) atoms. The zero-order valence-corrected chi connectivity index (χ0v) is 14.7. The standard InChI is InChI=1S/C16H21BrN2O.ClH/c1-18-10-12-5-8-19(11-12)15(20)16(6-7-16)13-3-2-4-14(17)9-13;/h2-4,9,12,18H,5-8,10-11H2,1H3;1H. The topological polar surface area (TPSA) is 32.3 Å². The number of nitrogens with one attached hydrogen (secondary N) is 1. The lowest BCUT2D eigenvalue weighted by atomic mass is 9.94. The molecule has 1 saturated carbocycles. The first-order chi connectivity index (χ1) is 9.65. The first kappa shape index (κ1) is 16.8. The summed E-state index contributed by atoms with van der Waals surface area (Å²) in [7, 11) is 1.98. The molecule has 1 unspecified atom stereocenters. The summed E-state index contributed by atoms with van der Waals surface area (Å²) >= 11 is 3.51. The van der Waals surface area contributed by atoms with Crippen LogP contribution in [0.5, 0.6) is 0 Å². The van der Waals surface area contributed by atoms with Crippen molar-refractivity contribution in [2.45, 2.75) is 24.7 Å². The number of hydrogen-bond acceptors (Lipinski definition) is 2. The SMILES string of the molecule is CNCC1CCN(C(=O)C2(c3cccc(Br)c3)CC2)C1.Cl. The Kier molecular flexibility index (Phi) is 5.33. The van der Waals surface area contributed by atoms with Gasteiger partial charge in [-0.2, -0.15) is 0 Å². The molecule has 1 N–H and O–H groups in total. The van der Waals surface area contributed by atoms with Crippen LogP contribution in [0.3, 0.4) is 0 Å². The van der Waals surface area contributed by atoms with Crippen LogP contribution in [0.15, 0.2) is 28.7 Å². The molecule has 116 valence electrons. The van der Waals surface area contributed by atoms with Gasteiger partial charge in [0.2, 0.25) is 5.91 Å². The minimum Gasteiger partial charge on any atom is -0.342 e. The van der Waals surface area contributed by atoms with E-state index in [0.29, 0.717) is 11.8 Å². The summed E-state index contributed by atoms with van der Waals surface area (Å²) in [6.45, 7) is 2.84. The van der Waals surface area contributed by atoms with Gasteiger partial charge in [-0.3, -0.25) is 4.79 Å². The number of benzene rings is 1. The second kappa shape index (κ2) is 6.67. The van der Waals surface area contributed by atoms with Crippen molar-refractivity contribution >= 4 is 34.2 Å². The Morgan fingerprint density at radius 1 is 1.48 bits per heavy atom. The Bertz CT molecular complexity index is 519. The van der Waals surface area contributed by atoms with E-state index in [4.69, 9.17) is 0 Å². The van der Waals surface area contributed by atoms with Gasteiger partial charge in [0.1, 0.15) is 0 Å². The molecule has 0 radical (unpaired) electrons. The molecule has 1 aromatic carbocycles. The number of hydrogen-bond donors (Lipinski definition) is 1. The van der Waals surface area contributed by atoms with Crippen molar-refractivity contribution in [3.05, 3.63) is 34.3 Å². The van der Waals surface area contributed by atoms with Crippen LogP contribution in [0.25, 0.3) is 0 Å². The highest BCUT2D eigenvalue weighted by atomic mass is 79.9. The molecular formula is C16H22BrClN2O. The van der Waals surface area contributed by atoms with Crippen molar-refractivity contribution in [3.8, 4) is 0 Å². The molecule has 1 aliphatic heterocycles. The molecule has 1 saturated heterocycles. The average molecular weight is 374 g/mol. The van der Waals surface area contributed by atoms with Gasteiger partial charge in [0.15, 0.2) is 0 Å². The van der Waals surface area contributed by atoms with E-state index in [1.807, 2.05) is 19.2 Å². The molecule has 2 aliphatic rings. The Hall–Kier alpha value is -0.580. The summed E-state index contributed by atoms with van der Waals surface area (Å²) in [5, 5.41) is 3.22. The predicted octanol–water partition coefficient (Wildman–Crippen LogP) is 2.97. The quantitative estimate of drug-likeness (QED) is 0.880. The smallest absolute Gasteiger partial charge is 0.233 e. The minimum atomic E-state index is -0.224. The average Bonchev–Trinajstić information content (AvgIpc) is 3.13. The Balaban J connectivity index is 0.00000161. The van der Waals surface area contributed by atoms with Gasteiger partial charge in [-0.25, -0.2) is 0 Å². The van der Waals surface area contributed by atoms with E-state index in [-0.39, 0.29) is 17.8 Å². The van der Waals surface area contributed by atoms with Crippen LogP contribution in [0, 0.1) is 5.92 Å². The van der Waals surface area contributed by atoms with Gasteiger partial charge >= 0.3 is 0 Å². The molecule has 1 atom stereocenters. The number of nitrogens with zero attached hydrogens (tertiary/aromatic N) is 1. The summed E-state index contributed by atoms with van der Waals surface area (Å²) in [4.78, 5) is 15.0.